The van der Waals surface area contributed by atoms with E-state index in [1.165, 1.54) is 17.2 Å². The zero-order chi connectivity index (χ0) is 16.4. The van der Waals surface area contributed by atoms with Crippen molar-refractivity contribution in [3.8, 4) is 0 Å². The molecule has 0 bridgehead atoms. The van der Waals surface area contributed by atoms with Gasteiger partial charge in [0, 0.05) is 12.1 Å². The molecule has 0 saturated heterocycles. The lowest BCUT2D eigenvalue weighted by Gasteiger charge is -2.36. The number of rotatable bonds is 5. The summed E-state index contributed by atoms with van der Waals surface area (Å²) in [7, 11) is 4.18. The number of carboxylic acids is 1. The van der Waals surface area contributed by atoms with Gasteiger partial charge < -0.3 is 15.3 Å². The lowest BCUT2D eigenvalue weighted by atomic mass is 9.94. The van der Waals surface area contributed by atoms with Crippen molar-refractivity contribution in [2.24, 2.45) is 0 Å². The summed E-state index contributed by atoms with van der Waals surface area (Å²) in [5.41, 5.74) is 2.80. The molecule has 120 valence electrons. The summed E-state index contributed by atoms with van der Waals surface area (Å²) in [5.74, 6) is -0.411. The number of nitrogens with zero attached hydrogens (tertiary/aromatic N) is 2. The van der Waals surface area contributed by atoms with E-state index >= 15 is 0 Å². The molecular weight excluding hydrogens is 290 g/mol. The second-order valence-electron chi connectivity index (χ2n) is 6.31. The first-order chi connectivity index (χ1) is 11.0. The number of likely N-dealkylation sites (N-methyl/N-ethyl adjacent to an activating group) is 1. The summed E-state index contributed by atoms with van der Waals surface area (Å²) in [6.45, 7) is 0.713. The van der Waals surface area contributed by atoms with Crippen molar-refractivity contribution < 1.29 is 9.90 Å². The third kappa shape index (κ3) is 3.05. The predicted molar refractivity (Wildman–Crippen MR) is 90.0 cm³/mol. The maximum absolute atomic E-state index is 11.0. The molecule has 3 rings (SSSR count). The van der Waals surface area contributed by atoms with Crippen molar-refractivity contribution in [3.63, 3.8) is 0 Å². The first kappa shape index (κ1) is 15.5. The van der Waals surface area contributed by atoms with Gasteiger partial charge in [0.2, 0.25) is 0 Å². The average molecular weight is 311 g/mol. The van der Waals surface area contributed by atoms with Gasteiger partial charge in [0.25, 0.3) is 0 Å². The van der Waals surface area contributed by atoms with E-state index in [-0.39, 0.29) is 11.2 Å². The highest BCUT2D eigenvalue weighted by Gasteiger charge is 2.38. The van der Waals surface area contributed by atoms with Gasteiger partial charge >= 0.3 is 5.97 Å². The molecule has 1 aromatic heterocycles. The molecular formula is C18H21N3O2. The molecule has 2 N–H and O–H groups in total. The van der Waals surface area contributed by atoms with Crippen LogP contribution in [-0.4, -0.2) is 47.1 Å². The Morgan fingerprint density at radius 3 is 2.39 bits per heavy atom. The molecule has 0 fully saturated rings. The average Bonchev–Trinajstić information content (AvgIpc) is 2.93. The number of aromatic nitrogens is 1. The van der Waals surface area contributed by atoms with Crippen LogP contribution in [0.1, 0.15) is 21.6 Å². The molecule has 0 aliphatic heterocycles. The third-order valence-corrected chi connectivity index (χ3v) is 4.67. The third-order valence-electron chi connectivity index (χ3n) is 4.67. The topological polar surface area (TPSA) is 65.5 Å². The monoisotopic (exact) mass is 311 g/mol. The van der Waals surface area contributed by atoms with Crippen LogP contribution in [0, 0.1) is 0 Å². The minimum atomic E-state index is -1.01. The number of fused-ring (bicyclic) bond motifs is 1. The molecule has 5 heteroatoms. The number of hydrogen-bond donors (Lipinski definition) is 2. The number of nitrogens with one attached hydrogen (secondary N) is 1. The Bertz CT molecular complexity index is 703. The van der Waals surface area contributed by atoms with Crippen LogP contribution in [0.15, 0.2) is 42.5 Å². The van der Waals surface area contributed by atoms with Crippen molar-refractivity contribution in [2.75, 3.05) is 26.0 Å². The van der Waals surface area contributed by atoms with Crippen LogP contribution in [0.3, 0.4) is 0 Å². The van der Waals surface area contributed by atoms with Crippen LogP contribution in [-0.2, 0) is 12.8 Å². The Balaban J connectivity index is 1.78. The summed E-state index contributed by atoms with van der Waals surface area (Å²) >= 11 is 0. The fraction of sp³-hybridized carbons (Fsp3) is 0.333. The van der Waals surface area contributed by atoms with Crippen molar-refractivity contribution >= 4 is 11.8 Å². The van der Waals surface area contributed by atoms with E-state index in [9.17, 15) is 4.79 Å². The van der Waals surface area contributed by atoms with E-state index < -0.39 is 5.97 Å². The summed E-state index contributed by atoms with van der Waals surface area (Å²) in [6.07, 6.45) is 1.95. The van der Waals surface area contributed by atoms with Crippen LogP contribution < -0.4 is 5.32 Å². The number of anilines is 1. The van der Waals surface area contributed by atoms with Gasteiger partial charge in [-0.2, -0.15) is 0 Å². The molecule has 0 unspecified atom stereocenters. The van der Waals surface area contributed by atoms with Crippen molar-refractivity contribution in [1.29, 1.82) is 0 Å². The highest BCUT2D eigenvalue weighted by atomic mass is 16.4. The molecule has 1 aromatic carbocycles. The van der Waals surface area contributed by atoms with Crippen molar-refractivity contribution in [3.05, 3.63) is 59.3 Å². The summed E-state index contributed by atoms with van der Waals surface area (Å²) < 4.78 is 0. The first-order valence-corrected chi connectivity index (χ1v) is 7.69. The predicted octanol–water partition coefficient (Wildman–Crippen LogP) is 2.29. The van der Waals surface area contributed by atoms with Crippen LogP contribution >= 0.6 is 0 Å². The fourth-order valence-corrected chi connectivity index (χ4v) is 3.18. The van der Waals surface area contributed by atoms with Gasteiger partial charge in [-0.25, -0.2) is 9.78 Å². The Kier molecular flexibility index (Phi) is 4.05. The number of carbonyl (C=O) groups is 1. The maximum atomic E-state index is 11.0. The molecule has 23 heavy (non-hydrogen) atoms. The van der Waals surface area contributed by atoms with E-state index in [0.717, 1.165) is 12.8 Å². The van der Waals surface area contributed by atoms with E-state index in [2.05, 4.69) is 53.6 Å². The van der Waals surface area contributed by atoms with Crippen LogP contribution in [0.4, 0.5) is 5.82 Å². The smallest absolute Gasteiger partial charge is 0.354 e. The maximum Gasteiger partial charge on any atom is 0.354 e. The second kappa shape index (κ2) is 6.01. The largest absolute Gasteiger partial charge is 0.477 e. The van der Waals surface area contributed by atoms with Gasteiger partial charge in [-0.3, -0.25) is 0 Å². The number of carboxylic acid groups (broad SMARTS) is 1. The van der Waals surface area contributed by atoms with Gasteiger partial charge in [0.1, 0.15) is 5.82 Å². The lowest BCUT2D eigenvalue weighted by Crippen LogP contribution is -2.50. The van der Waals surface area contributed by atoms with E-state index in [1.807, 2.05) is 0 Å². The minimum absolute atomic E-state index is 0.0232. The Labute approximate surface area is 136 Å². The fourth-order valence-electron chi connectivity index (χ4n) is 3.18. The van der Waals surface area contributed by atoms with E-state index in [0.29, 0.717) is 12.4 Å². The number of aromatic carboxylic acids is 1. The SMILES string of the molecule is CN(C)C1(CNc2cccc(C(=O)O)n2)Cc2ccccc2C1. The Hall–Kier alpha value is -2.40. The normalized spacial score (nSPS) is 15.4. The molecule has 0 amide bonds. The molecule has 0 saturated carbocycles. The minimum Gasteiger partial charge on any atom is -0.477 e. The molecule has 1 aliphatic rings. The summed E-state index contributed by atoms with van der Waals surface area (Å²) in [4.78, 5) is 17.4. The number of pyridine rings is 1. The zero-order valence-electron chi connectivity index (χ0n) is 13.4. The Morgan fingerprint density at radius 2 is 1.83 bits per heavy atom. The van der Waals surface area contributed by atoms with Crippen LogP contribution in [0.2, 0.25) is 0 Å². The van der Waals surface area contributed by atoms with Crippen LogP contribution in [0.25, 0.3) is 0 Å². The molecule has 0 spiro atoms. The lowest BCUT2D eigenvalue weighted by molar-refractivity contribution is 0.0690. The first-order valence-electron chi connectivity index (χ1n) is 7.69. The van der Waals surface area contributed by atoms with Gasteiger partial charge in [-0.05, 0) is 50.2 Å². The second-order valence-corrected chi connectivity index (χ2v) is 6.31. The van der Waals surface area contributed by atoms with Gasteiger partial charge in [0.05, 0.1) is 0 Å². The van der Waals surface area contributed by atoms with Crippen molar-refractivity contribution in [1.82, 2.24) is 9.88 Å². The summed E-state index contributed by atoms with van der Waals surface area (Å²) in [5, 5.41) is 12.4. The molecule has 0 atom stereocenters. The molecule has 2 aromatic rings. The number of benzene rings is 1. The molecule has 5 nitrogen and oxygen atoms in total. The molecule has 1 aliphatic carbocycles. The van der Waals surface area contributed by atoms with Gasteiger partial charge in [-0.1, -0.05) is 30.3 Å². The highest BCUT2D eigenvalue weighted by Crippen LogP contribution is 2.33. The van der Waals surface area contributed by atoms with Crippen LogP contribution in [0.5, 0.6) is 0 Å². The quantitative estimate of drug-likeness (QED) is 0.887. The Morgan fingerprint density at radius 1 is 1.17 bits per heavy atom. The molecule has 1 heterocycles. The highest BCUT2D eigenvalue weighted by molar-refractivity contribution is 5.85. The number of hydrogen-bond acceptors (Lipinski definition) is 4. The van der Waals surface area contributed by atoms with Gasteiger partial charge in [0.15, 0.2) is 5.69 Å². The summed E-state index contributed by atoms with van der Waals surface area (Å²) in [6, 6.07) is 13.5. The van der Waals surface area contributed by atoms with Crippen molar-refractivity contribution in [2.45, 2.75) is 18.4 Å². The molecule has 0 radical (unpaired) electrons. The standard InChI is InChI=1S/C18H21N3O2/c1-21(2)18(10-13-6-3-4-7-14(13)11-18)12-19-16-9-5-8-15(20-16)17(22)23/h3-9H,10-12H2,1-2H3,(H,19,20)(H,22,23). The zero-order valence-corrected chi connectivity index (χ0v) is 13.4. The van der Waals surface area contributed by atoms with E-state index in [4.69, 9.17) is 5.11 Å². The van der Waals surface area contributed by atoms with Gasteiger partial charge in [-0.15, -0.1) is 0 Å². The van der Waals surface area contributed by atoms with E-state index in [1.54, 1.807) is 12.1 Å².